The Morgan fingerprint density at radius 3 is 2.94 bits per heavy atom. The predicted molar refractivity (Wildman–Crippen MR) is 76.9 cm³/mol. The molecule has 0 saturated heterocycles. The maximum absolute atomic E-state index is 12.5. The van der Waals surface area contributed by atoms with Crippen molar-refractivity contribution in [3.8, 4) is 0 Å². The van der Waals surface area contributed by atoms with Gasteiger partial charge in [0.1, 0.15) is 0 Å². The molecule has 2 atom stereocenters. The fourth-order valence-corrected chi connectivity index (χ4v) is 3.07. The Labute approximate surface area is 113 Å². The van der Waals surface area contributed by atoms with Gasteiger partial charge in [0.05, 0.1) is 11.7 Å². The van der Waals surface area contributed by atoms with Crippen molar-refractivity contribution < 1.29 is 4.79 Å². The Morgan fingerprint density at radius 1 is 1.50 bits per heavy atom. The summed E-state index contributed by atoms with van der Waals surface area (Å²) in [6, 6.07) is 7.65. The molecule has 2 N–H and O–H groups in total. The first-order chi connectivity index (χ1) is 8.65. The molecule has 0 aliphatic carbocycles. The molecule has 2 rings (SSSR count). The highest BCUT2D eigenvalue weighted by Crippen LogP contribution is 2.34. The smallest absolute Gasteiger partial charge is 0.244 e. The molecule has 0 unspecified atom stereocenters. The van der Waals surface area contributed by atoms with Crippen molar-refractivity contribution in [2.75, 3.05) is 17.2 Å². The molecular weight excluding hydrogens is 244 g/mol. The van der Waals surface area contributed by atoms with Crippen molar-refractivity contribution in [1.82, 2.24) is 0 Å². The van der Waals surface area contributed by atoms with E-state index in [1.165, 1.54) is 4.90 Å². The van der Waals surface area contributed by atoms with Gasteiger partial charge >= 0.3 is 0 Å². The van der Waals surface area contributed by atoms with Crippen molar-refractivity contribution in [1.29, 1.82) is 0 Å². The van der Waals surface area contributed by atoms with Gasteiger partial charge in [0.25, 0.3) is 0 Å². The summed E-state index contributed by atoms with van der Waals surface area (Å²) in [4.78, 5) is 15.5. The topological polar surface area (TPSA) is 46.3 Å². The standard InChI is InChI=1S/C14H20N2OS/c1-3-10(2)13(15)14(17)16-8-9-18-12-7-5-4-6-11(12)16/h4-7,10,13H,3,8-9,15H2,1-2H3/t10-,13-/m0/s1. The van der Waals surface area contributed by atoms with Gasteiger partial charge in [-0.05, 0) is 18.1 Å². The number of hydrogen-bond donors (Lipinski definition) is 1. The zero-order chi connectivity index (χ0) is 13.1. The quantitative estimate of drug-likeness (QED) is 0.912. The summed E-state index contributed by atoms with van der Waals surface area (Å²) >= 11 is 1.80. The Bertz CT molecular complexity index is 436. The van der Waals surface area contributed by atoms with Gasteiger partial charge in [0, 0.05) is 17.2 Å². The van der Waals surface area contributed by atoms with Crippen molar-refractivity contribution in [2.45, 2.75) is 31.2 Å². The fourth-order valence-electron chi connectivity index (χ4n) is 2.08. The Morgan fingerprint density at radius 2 is 2.22 bits per heavy atom. The number of para-hydroxylation sites is 1. The van der Waals surface area contributed by atoms with Gasteiger partial charge in [-0.1, -0.05) is 32.4 Å². The zero-order valence-electron chi connectivity index (χ0n) is 10.9. The molecule has 18 heavy (non-hydrogen) atoms. The third-order valence-electron chi connectivity index (χ3n) is 3.54. The molecule has 0 saturated carbocycles. The van der Waals surface area contributed by atoms with Crippen LogP contribution in [-0.4, -0.2) is 24.2 Å². The van der Waals surface area contributed by atoms with Gasteiger partial charge in [-0.3, -0.25) is 4.79 Å². The molecular formula is C14H20N2OS. The highest BCUT2D eigenvalue weighted by molar-refractivity contribution is 7.99. The van der Waals surface area contributed by atoms with E-state index < -0.39 is 6.04 Å². The summed E-state index contributed by atoms with van der Waals surface area (Å²) < 4.78 is 0. The number of anilines is 1. The Hall–Kier alpha value is -1.00. The van der Waals surface area contributed by atoms with Gasteiger partial charge in [-0.2, -0.15) is 0 Å². The van der Waals surface area contributed by atoms with Gasteiger partial charge in [0.15, 0.2) is 0 Å². The van der Waals surface area contributed by atoms with E-state index in [1.807, 2.05) is 30.0 Å². The Balaban J connectivity index is 2.22. The first kappa shape index (κ1) is 13.4. The van der Waals surface area contributed by atoms with E-state index in [4.69, 9.17) is 5.73 Å². The van der Waals surface area contributed by atoms with Crippen LogP contribution in [0.5, 0.6) is 0 Å². The normalized spacial score (nSPS) is 18.1. The number of amides is 1. The van der Waals surface area contributed by atoms with Gasteiger partial charge < -0.3 is 10.6 Å². The average molecular weight is 264 g/mol. The summed E-state index contributed by atoms with van der Waals surface area (Å²) in [6.45, 7) is 4.86. The molecule has 1 amide bonds. The lowest BCUT2D eigenvalue weighted by molar-refractivity contribution is -0.120. The fraction of sp³-hybridized carbons (Fsp3) is 0.500. The minimum Gasteiger partial charge on any atom is -0.320 e. The van der Waals surface area contributed by atoms with E-state index in [2.05, 4.69) is 13.0 Å². The lowest BCUT2D eigenvalue weighted by Crippen LogP contribution is -2.48. The third kappa shape index (κ3) is 2.54. The summed E-state index contributed by atoms with van der Waals surface area (Å²) in [5, 5.41) is 0. The number of nitrogens with zero attached hydrogens (tertiary/aromatic N) is 1. The molecule has 1 aliphatic heterocycles. The van der Waals surface area contributed by atoms with Crippen LogP contribution in [0.2, 0.25) is 0 Å². The number of hydrogen-bond acceptors (Lipinski definition) is 3. The lowest BCUT2D eigenvalue weighted by Gasteiger charge is -2.32. The average Bonchev–Trinajstić information content (AvgIpc) is 2.44. The molecule has 1 heterocycles. The van der Waals surface area contributed by atoms with Crippen LogP contribution in [0.3, 0.4) is 0 Å². The number of benzene rings is 1. The number of thioether (sulfide) groups is 1. The first-order valence-corrected chi connectivity index (χ1v) is 7.42. The molecule has 0 spiro atoms. The largest absolute Gasteiger partial charge is 0.320 e. The highest BCUT2D eigenvalue weighted by atomic mass is 32.2. The molecule has 0 bridgehead atoms. The number of carbonyl (C=O) groups is 1. The number of rotatable bonds is 3. The predicted octanol–water partition coefficient (Wildman–Crippen LogP) is 2.50. The third-order valence-corrected chi connectivity index (χ3v) is 4.58. The number of nitrogens with two attached hydrogens (primary N) is 1. The minimum absolute atomic E-state index is 0.0529. The van der Waals surface area contributed by atoms with E-state index in [-0.39, 0.29) is 11.8 Å². The molecule has 3 nitrogen and oxygen atoms in total. The van der Waals surface area contributed by atoms with Crippen molar-refractivity contribution >= 4 is 23.4 Å². The summed E-state index contributed by atoms with van der Waals surface area (Å²) in [7, 11) is 0. The molecule has 4 heteroatoms. The first-order valence-electron chi connectivity index (χ1n) is 6.44. The number of fused-ring (bicyclic) bond motifs is 1. The molecule has 98 valence electrons. The molecule has 0 radical (unpaired) electrons. The monoisotopic (exact) mass is 264 g/mol. The minimum atomic E-state index is -0.397. The van der Waals surface area contributed by atoms with Crippen LogP contribution in [0.4, 0.5) is 5.69 Å². The van der Waals surface area contributed by atoms with Crippen LogP contribution >= 0.6 is 11.8 Å². The molecule has 1 aliphatic rings. The molecule has 1 aromatic rings. The van der Waals surface area contributed by atoms with Crippen LogP contribution in [0.1, 0.15) is 20.3 Å². The summed E-state index contributed by atoms with van der Waals surface area (Å²) in [6.07, 6.45) is 0.928. The van der Waals surface area contributed by atoms with Crippen LogP contribution in [0, 0.1) is 5.92 Å². The van der Waals surface area contributed by atoms with E-state index in [1.54, 1.807) is 11.8 Å². The Kier molecular flexibility index (Phi) is 4.30. The molecule has 1 aromatic carbocycles. The van der Waals surface area contributed by atoms with Gasteiger partial charge in [0.2, 0.25) is 5.91 Å². The maximum Gasteiger partial charge on any atom is 0.244 e. The van der Waals surface area contributed by atoms with Crippen LogP contribution in [-0.2, 0) is 4.79 Å². The van der Waals surface area contributed by atoms with E-state index >= 15 is 0 Å². The second-order valence-electron chi connectivity index (χ2n) is 4.72. The van der Waals surface area contributed by atoms with Crippen LogP contribution < -0.4 is 10.6 Å². The van der Waals surface area contributed by atoms with Crippen molar-refractivity contribution in [2.24, 2.45) is 11.7 Å². The summed E-state index contributed by atoms with van der Waals surface area (Å²) in [5.41, 5.74) is 7.07. The van der Waals surface area contributed by atoms with E-state index in [0.29, 0.717) is 0 Å². The van der Waals surface area contributed by atoms with Gasteiger partial charge in [-0.25, -0.2) is 0 Å². The lowest BCUT2D eigenvalue weighted by atomic mass is 9.98. The second kappa shape index (κ2) is 5.76. The van der Waals surface area contributed by atoms with Gasteiger partial charge in [-0.15, -0.1) is 11.8 Å². The molecule has 0 aromatic heterocycles. The summed E-state index contributed by atoms with van der Waals surface area (Å²) in [5.74, 6) is 1.21. The zero-order valence-corrected chi connectivity index (χ0v) is 11.7. The second-order valence-corrected chi connectivity index (χ2v) is 5.85. The highest BCUT2D eigenvalue weighted by Gasteiger charge is 2.28. The maximum atomic E-state index is 12.5. The number of carbonyl (C=O) groups excluding carboxylic acids is 1. The van der Waals surface area contributed by atoms with E-state index in [9.17, 15) is 4.79 Å². The van der Waals surface area contributed by atoms with Crippen LogP contribution in [0.15, 0.2) is 29.2 Å². The van der Waals surface area contributed by atoms with Crippen molar-refractivity contribution in [3.63, 3.8) is 0 Å². The van der Waals surface area contributed by atoms with E-state index in [0.717, 1.165) is 24.4 Å². The van der Waals surface area contributed by atoms with Crippen LogP contribution in [0.25, 0.3) is 0 Å². The van der Waals surface area contributed by atoms with Crippen molar-refractivity contribution in [3.05, 3.63) is 24.3 Å². The SMILES string of the molecule is CC[C@H](C)[C@H](N)C(=O)N1CCSc2ccccc21. The molecule has 0 fully saturated rings.